The second kappa shape index (κ2) is 4.90. The van der Waals surface area contributed by atoms with Crippen LogP contribution in [0.3, 0.4) is 0 Å². The summed E-state index contributed by atoms with van der Waals surface area (Å²) in [7, 11) is 0. The van der Waals surface area contributed by atoms with Crippen LogP contribution in [-0.2, 0) is 0 Å². The van der Waals surface area contributed by atoms with E-state index in [-0.39, 0.29) is 5.91 Å². The summed E-state index contributed by atoms with van der Waals surface area (Å²) in [5.41, 5.74) is 5.36. The average molecular weight is 214 g/mol. The lowest BCUT2D eigenvalue weighted by Crippen LogP contribution is -2.27. The van der Waals surface area contributed by atoms with Crippen LogP contribution in [0.4, 0.5) is 5.13 Å². The van der Waals surface area contributed by atoms with Crippen molar-refractivity contribution in [1.29, 1.82) is 0 Å². The van der Waals surface area contributed by atoms with Crippen molar-refractivity contribution >= 4 is 22.4 Å². The van der Waals surface area contributed by atoms with Crippen LogP contribution < -0.4 is 11.1 Å². The third kappa shape index (κ3) is 2.95. The van der Waals surface area contributed by atoms with Gasteiger partial charge in [-0.15, -0.1) is 10.2 Å². The molecule has 1 aromatic heterocycles. The Labute approximate surface area is 86.7 Å². The minimum Gasteiger partial charge on any atom is -0.374 e. The van der Waals surface area contributed by atoms with Gasteiger partial charge in [-0.3, -0.25) is 4.79 Å². The summed E-state index contributed by atoms with van der Waals surface area (Å²) in [6, 6.07) is 0. The number of aromatic nitrogens is 2. The number of anilines is 1. The van der Waals surface area contributed by atoms with Gasteiger partial charge in [0, 0.05) is 6.54 Å². The summed E-state index contributed by atoms with van der Waals surface area (Å²) in [4.78, 5) is 11.4. The molecule has 1 unspecified atom stereocenters. The first-order valence-electron chi connectivity index (χ1n) is 4.50. The zero-order chi connectivity index (χ0) is 10.6. The van der Waals surface area contributed by atoms with Crippen LogP contribution in [0.1, 0.15) is 30.1 Å². The van der Waals surface area contributed by atoms with Crippen molar-refractivity contribution in [2.75, 3.05) is 12.3 Å². The lowest BCUT2D eigenvalue weighted by Gasteiger charge is -2.07. The van der Waals surface area contributed by atoms with Gasteiger partial charge in [0.05, 0.1) is 0 Å². The van der Waals surface area contributed by atoms with E-state index >= 15 is 0 Å². The van der Waals surface area contributed by atoms with E-state index in [0.717, 1.165) is 17.8 Å². The number of hydrogen-bond acceptors (Lipinski definition) is 5. The van der Waals surface area contributed by atoms with Crippen molar-refractivity contribution in [3.63, 3.8) is 0 Å². The van der Waals surface area contributed by atoms with Gasteiger partial charge in [-0.1, -0.05) is 31.6 Å². The largest absolute Gasteiger partial charge is 0.374 e. The van der Waals surface area contributed by atoms with Gasteiger partial charge in [-0.2, -0.15) is 0 Å². The first-order chi connectivity index (χ1) is 6.63. The van der Waals surface area contributed by atoms with Crippen molar-refractivity contribution in [2.45, 2.75) is 20.3 Å². The normalized spacial score (nSPS) is 12.4. The fourth-order valence-electron chi connectivity index (χ4n) is 0.813. The number of nitrogen functional groups attached to an aromatic ring is 1. The zero-order valence-corrected chi connectivity index (χ0v) is 9.10. The van der Waals surface area contributed by atoms with E-state index in [1.54, 1.807) is 0 Å². The van der Waals surface area contributed by atoms with Gasteiger partial charge in [0.15, 0.2) is 0 Å². The minimum absolute atomic E-state index is 0.195. The van der Waals surface area contributed by atoms with E-state index in [1.165, 1.54) is 0 Å². The molecule has 1 amide bonds. The highest BCUT2D eigenvalue weighted by atomic mass is 32.1. The number of rotatable bonds is 4. The monoisotopic (exact) mass is 214 g/mol. The Balaban J connectivity index is 2.43. The van der Waals surface area contributed by atoms with E-state index < -0.39 is 0 Å². The van der Waals surface area contributed by atoms with Gasteiger partial charge in [-0.05, 0) is 5.92 Å². The van der Waals surface area contributed by atoms with Gasteiger partial charge >= 0.3 is 0 Å². The molecule has 0 radical (unpaired) electrons. The first-order valence-corrected chi connectivity index (χ1v) is 5.32. The Bertz CT molecular complexity index is 312. The lowest BCUT2D eigenvalue weighted by atomic mass is 10.1. The summed E-state index contributed by atoms with van der Waals surface area (Å²) in [5, 5.41) is 10.6. The molecule has 0 aromatic carbocycles. The maximum absolute atomic E-state index is 11.4. The highest BCUT2D eigenvalue weighted by Gasteiger charge is 2.11. The Hall–Kier alpha value is -1.17. The van der Waals surface area contributed by atoms with Gasteiger partial charge in [-0.25, -0.2) is 0 Å². The van der Waals surface area contributed by atoms with Crippen LogP contribution in [0, 0.1) is 5.92 Å². The van der Waals surface area contributed by atoms with Crippen molar-refractivity contribution in [3.05, 3.63) is 5.01 Å². The van der Waals surface area contributed by atoms with E-state index in [2.05, 4.69) is 29.4 Å². The fraction of sp³-hybridized carbons (Fsp3) is 0.625. The van der Waals surface area contributed by atoms with Crippen molar-refractivity contribution in [3.8, 4) is 0 Å². The summed E-state index contributed by atoms with van der Waals surface area (Å²) < 4.78 is 0. The highest BCUT2D eigenvalue weighted by molar-refractivity contribution is 7.16. The molecule has 6 heteroatoms. The molecule has 0 aliphatic heterocycles. The van der Waals surface area contributed by atoms with Crippen LogP contribution in [0.15, 0.2) is 0 Å². The van der Waals surface area contributed by atoms with Crippen LogP contribution >= 0.6 is 11.3 Å². The predicted octanol–water partition coefficient (Wildman–Crippen LogP) is 0.896. The van der Waals surface area contributed by atoms with Crippen LogP contribution in [0.5, 0.6) is 0 Å². The molecule has 0 fully saturated rings. The van der Waals surface area contributed by atoms with E-state index in [1.807, 2.05) is 0 Å². The molecular weight excluding hydrogens is 200 g/mol. The van der Waals surface area contributed by atoms with Crippen LogP contribution in [-0.4, -0.2) is 22.6 Å². The molecule has 0 spiro atoms. The number of nitrogens with two attached hydrogens (primary N) is 1. The third-order valence-corrected chi connectivity index (χ3v) is 2.69. The maximum Gasteiger partial charge on any atom is 0.282 e. The van der Waals surface area contributed by atoms with Gasteiger partial charge < -0.3 is 11.1 Å². The molecule has 0 saturated carbocycles. The number of hydrogen-bond donors (Lipinski definition) is 2. The molecule has 1 heterocycles. The third-order valence-electron chi connectivity index (χ3n) is 1.94. The first kappa shape index (κ1) is 10.9. The lowest BCUT2D eigenvalue weighted by molar-refractivity contribution is 0.0946. The topological polar surface area (TPSA) is 80.9 Å². The smallest absolute Gasteiger partial charge is 0.282 e. The summed E-state index contributed by atoms with van der Waals surface area (Å²) in [6.45, 7) is 4.82. The molecule has 5 nitrogen and oxygen atoms in total. The van der Waals surface area contributed by atoms with Gasteiger partial charge in [0.25, 0.3) is 5.91 Å². The Morgan fingerprint density at radius 3 is 2.86 bits per heavy atom. The molecule has 14 heavy (non-hydrogen) atoms. The quantitative estimate of drug-likeness (QED) is 0.780. The number of nitrogens with one attached hydrogen (secondary N) is 1. The van der Waals surface area contributed by atoms with Crippen LogP contribution in [0.2, 0.25) is 0 Å². The molecule has 0 bridgehead atoms. The molecule has 1 aromatic rings. The van der Waals surface area contributed by atoms with Gasteiger partial charge in [0.2, 0.25) is 10.1 Å². The fourth-order valence-corrected chi connectivity index (χ4v) is 1.34. The second-order valence-electron chi connectivity index (χ2n) is 3.17. The van der Waals surface area contributed by atoms with Crippen molar-refractivity contribution in [2.24, 2.45) is 5.92 Å². The molecule has 0 saturated heterocycles. The summed E-state index contributed by atoms with van der Waals surface area (Å²) in [6.07, 6.45) is 1.04. The molecule has 0 aliphatic carbocycles. The predicted molar refractivity (Wildman–Crippen MR) is 56.1 cm³/mol. The molecule has 78 valence electrons. The Kier molecular flexibility index (Phi) is 3.82. The van der Waals surface area contributed by atoms with Crippen molar-refractivity contribution < 1.29 is 4.79 Å². The molecule has 3 N–H and O–H groups in total. The molecular formula is C8H14N4OS. The van der Waals surface area contributed by atoms with E-state index in [0.29, 0.717) is 22.6 Å². The minimum atomic E-state index is -0.195. The Morgan fingerprint density at radius 2 is 2.36 bits per heavy atom. The molecule has 1 rings (SSSR count). The SMILES string of the molecule is CCC(C)CNC(=O)c1nnc(N)s1. The Morgan fingerprint density at radius 1 is 1.64 bits per heavy atom. The second-order valence-corrected chi connectivity index (χ2v) is 4.18. The zero-order valence-electron chi connectivity index (χ0n) is 8.28. The number of nitrogens with zero attached hydrogens (tertiary/aromatic N) is 2. The van der Waals surface area contributed by atoms with Crippen molar-refractivity contribution in [1.82, 2.24) is 15.5 Å². The molecule has 0 aliphatic rings. The number of carbonyl (C=O) groups is 1. The maximum atomic E-state index is 11.4. The highest BCUT2D eigenvalue weighted by Crippen LogP contribution is 2.10. The van der Waals surface area contributed by atoms with E-state index in [9.17, 15) is 4.79 Å². The summed E-state index contributed by atoms with van der Waals surface area (Å²) >= 11 is 1.10. The average Bonchev–Trinajstić information content (AvgIpc) is 2.60. The standard InChI is InChI=1S/C8H14N4OS/c1-3-5(2)4-10-6(13)7-11-12-8(9)14-7/h5H,3-4H2,1-2H3,(H2,9,12)(H,10,13). The summed E-state index contributed by atoms with van der Waals surface area (Å²) in [5.74, 6) is 0.281. The van der Waals surface area contributed by atoms with E-state index in [4.69, 9.17) is 5.73 Å². The van der Waals surface area contributed by atoms with Crippen LogP contribution in [0.25, 0.3) is 0 Å². The number of amides is 1. The molecule has 1 atom stereocenters. The number of carbonyl (C=O) groups excluding carboxylic acids is 1. The van der Waals surface area contributed by atoms with Gasteiger partial charge in [0.1, 0.15) is 0 Å².